The molecular formula is C18H24N4O3. The van der Waals surface area contributed by atoms with Gasteiger partial charge in [-0.1, -0.05) is 6.92 Å². The van der Waals surface area contributed by atoms with Gasteiger partial charge in [-0.3, -0.25) is 14.3 Å². The Hall–Kier alpha value is -2.83. The molecule has 2 amide bonds. The Morgan fingerprint density at radius 2 is 2.08 bits per heavy atom. The number of nitrogens with zero attached hydrogens (tertiary/aromatic N) is 2. The maximum Gasteiger partial charge on any atom is 0.248 e. The largest absolute Gasteiger partial charge is 0.494 e. The Balaban J connectivity index is 2.09. The summed E-state index contributed by atoms with van der Waals surface area (Å²) in [4.78, 5) is 24.1. The predicted octanol–water partition coefficient (Wildman–Crippen LogP) is 3.14. The highest BCUT2D eigenvalue weighted by atomic mass is 16.5. The molecule has 1 unspecified atom stereocenters. The lowest BCUT2D eigenvalue weighted by molar-refractivity contribution is -0.119. The van der Waals surface area contributed by atoms with Crippen LogP contribution in [0.3, 0.4) is 0 Å². The molecule has 1 atom stereocenters. The number of ether oxygens (including phenoxy) is 1. The van der Waals surface area contributed by atoms with Crippen molar-refractivity contribution in [2.45, 2.75) is 39.7 Å². The van der Waals surface area contributed by atoms with Gasteiger partial charge in [0.2, 0.25) is 11.8 Å². The highest BCUT2D eigenvalue weighted by molar-refractivity contribution is 5.95. The van der Waals surface area contributed by atoms with Crippen LogP contribution < -0.4 is 15.4 Å². The van der Waals surface area contributed by atoms with Gasteiger partial charge in [-0.15, -0.1) is 0 Å². The van der Waals surface area contributed by atoms with Gasteiger partial charge in [-0.2, -0.15) is 5.10 Å². The van der Waals surface area contributed by atoms with Crippen molar-refractivity contribution in [1.29, 1.82) is 0 Å². The Bertz CT molecular complexity index is 755. The van der Waals surface area contributed by atoms with Gasteiger partial charge >= 0.3 is 0 Å². The van der Waals surface area contributed by atoms with Crippen molar-refractivity contribution in [1.82, 2.24) is 9.78 Å². The summed E-state index contributed by atoms with van der Waals surface area (Å²) in [5.74, 6) is 0.234. The van der Waals surface area contributed by atoms with E-state index in [0.717, 1.165) is 12.0 Å². The van der Waals surface area contributed by atoms with Crippen molar-refractivity contribution in [2.24, 2.45) is 0 Å². The van der Waals surface area contributed by atoms with E-state index >= 15 is 0 Å². The van der Waals surface area contributed by atoms with Crippen molar-refractivity contribution in [2.75, 3.05) is 17.7 Å². The topological polar surface area (TPSA) is 85.3 Å². The third-order valence-corrected chi connectivity index (χ3v) is 3.73. The highest BCUT2D eigenvalue weighted by Crippen LogP contribution is 2.28. The summed E-state index contributed by atoms with van der Waals surface area (Å²) in [6.07, 6.45) is 4.74. The van der Waals surface area contributed by atoms with Crippen LogP contribution in [0.2, 0.25) is 0 Å². The zero-order valence-electron chi connectivity index (χ0n) is 15.0. The number of aromatic nitrogens is 2. The summed E-state index contributed by atoms with van der Waals surface area (Å²) < 4.78 is 6.92. The molecule has 1 aromatic carbocycles. The summed E-state index contributed by atoms with van der Waals surface area (Å²) in [5.41, 5.74) is 2.16. The molecule has 134 valence electrons. The van der Waals surface area contributed by atoms with E-state index < -0.39 is 6.04 Å². The molecule has 0 saturated carbocycles. The van der Waals surface area contributed by atoms with Crippen LogP contribution in [0.5, 0.6) is 5.75 Å². The molecule has 0 bridgehead atoms. The zero-order chi connectivity index (χ0) is 18.4. The van der Waals surface area contributed by atoms with Gasteiger partial charge in [-0.05, 0) is 38.0 Å². The SMILES string of the molecule is CCCC(=O)Nc1ccc(NC(=O)C(C)n2cc(C)cn2)cc1OC. The van der Waals surface area contributed by atoms with E-state index in [2.05, 4.69) is 15.7 Å². The molecule has 0 saturated heterocycles. The molecule has 7 nitrogen and oxygen atoms in total. The van der Waals surface area contributed by atoms with Gasteiger partial charge in [-0.25, -0.2) is 0 Å². The molecule has 7 heteroatoms. The zero-order valence-corrected chi connectivity index (χ0v) is 15.0. The van der Waals surface area contributed by atoms with Crippen molar-refractivity contribution < 1.29 is 14.3 Å². The van der Waals surface area contributed by atoms with E-state index in [4.69, 9.17) is 4.74 Å². The Morgan fingerprint density at radius 3 is 2.68 bits per heavy atom. The second kappa shape index (κ2) is 8.32. The fraction of sp³-hybridized carbons (Fsp3) is 0.389. The average Bonchev–Trinajstić information content (AvgIpc) is 3.02. The summed E-state index contributed by atoms with van der Waals surface area (Å²) in [6.45, 7) is 5.64. The Labute approximate surface area is 147 Å². The minimum absolute atomic E-state index is 0.0692. The molecule has 25 heavy (non-hydrogen) atoms. The van der Waals surface area contributed by atoms with E-state index in [1.807, 2.05) is 20.0 Å². The lowest BCUT2D eigenvalue weighted by atomic mass is 10.2. The average molecular weight is 344 g/mol. The Morgan fingerprint density at radius 1 is 1.32 bits per heavy atom. The van der Waals surface area contributed by atoms with Gasteiger partial charge in [0, 0.05) is 24.4 Å². The number of nitrogens with one attached hydrogen (secondary N) is 2. The number of hydrogen-bond donors (Lipinski definition) is 2. The first kappa shape index (κ1) is 18.5. The molecule has 0 aliphatic carbocycles. The fourth-order valence-corrected chi connectivity index (χ4v) is 2.32. The summed E-state index contributed by atoms with van der Waals surface area (Å²) in [5, 5.41) is 9.80. The minimum Gasteiger partial charge on any atom is -0.494 e. The van der Waals surface area contributed by atoms with Gasteiger partial charge in [0.1, 0.15) is 11.8 Å². The van der Waals surface area contributed by atoms with Crippen LogP contribution in [0.15, 0.2) is 30.6 Å². The van der Waals surface area contributed by atoms with Crippen LogP contribution in [0.4, 0.5) is 11.4 Å². The van der Waals surface area contributed by atoms with Crippen LogP contribution >= 0.6 is 0 Å². The summed E-state index contributed by atoms with van der Waals surface area (Å²) >= 11 is 0. The second-order valence-electron chi connectivity index (χ2n) is 5.88. The standard InChI is InChI=1S/C18H24N4O3/c1-5-6-17(23)21-15-8-7-14(9-16(15)25-4)20-18(24)13(3)22-11-12(2)10-19-22/h7-11,13H,5-6H2,1-4H3,(H,20,24)(H,21,23). The molecular weight excluding hydrogens is 320 g/mol. The van der Waals surface area contributed by atoms with Crippen molar-refractivity contribution in [3.8, 4) is 5.75 Å². The molecule has 1 heterocycles. The quantitative estimate of drug-likeness (QED) is 0.808. The molecule has 2 N–H and O–H groups in total. The first-order valence-corrected chi connectivity index (χ1v) is 8.24. The third kappa shape index (κ3) is 4.82. The van der Waals surface area contributed by atoms with Crippen LogP contribution in [-0.4, -0.2) is 28.7 Å². The minimum atomic E-state index is -0.441. The van der Waals surface area contributed by atoms with Gasteiger partial charge < -0.3 is 15.4 Å². The number of methoxy groups -OCH3 is 1. The number of carbonyl (C=O) groups excluding carboxylic acids is 2. The molecule has 2 rings (SSSR count). The number of hydrogen-bond acceptors (Lipinski definition) is 4. The number of amides is 2. The van der Waals surface area contributed by atoms with E-state index in [0.29, 0.717) is 23.5 Å². The van der Waals surface area contributed by atoms with E-state index in [9.17, 15) is 9.59 Å². The van der Waals surface area contributed by atoms with Gasteiger partial charge in [0.15, 0.2) is 0 Å². The molecule has 0 fully saturated rings. The lowest BCUT2D eigenvalue weighted by Gasteiger charge is -2.15. The maximum atomic E-state index is 12.4. The highest BCUT2D eigenvalue weighted by Gasteiger charge is 2.16. The van der Waals surface area contributed by atoms with E-state index in [1.54, 1.807) is 36.0 Å². The van der Waals surface area contributed by atoms with Crippen molar-refractivity contribution >= 4 is 23.2 Å². The van der Waals surface area contributed by atoms with Crippen molar-refractivity contribution in [3.05, 3.63) is 36.2 Å². The van der Waals surface area contributed by atoms with Crippen LogP contribution in [0.1, 0.15) is 38.3 Å². The molecule has 0 aliphatic heterocycles. The molecule has 1 aromatic heterocycles. The number of benzene rings is 1. The first-order chi connectivity index (χ1) is 11.9. The van der Waals surface area contributed by atoms with Gasteiger partial charge in [0.25, 0.3) is 0 Å². The molecule has 2 aromatic rings. The van der Waals surface area contributed by atoms with E-state index in [1.165, 1.54) is 7.11 Å². The van der Waals surface area contributed by atoms with Crippen LogP contribution in [-0.2, 0) is 9.59 Å². The summed E-state index contributed by atoms with van der Waals surface area (Å²) in [7, 11) is 1.52. The first-order valence-electron chi connectivity index (χ1n) is 8.24. The monoisotopic (exact) mass is 344 g/mol. The predicted molar refractivity (Wildman–Crippen MR) is 96.8 cm³/mol. The van der Waals surface area contributed by atoms with Crippen LogP contribution in [0, 0.1) is 6.92 Å². The molecule has 0 spiro atoms. The number of carbonyl (C=O) groups is 2. The van der Waals surface area contributed by atoms with Crippen molar-refractivity contribution in [3.63, 3.8) is 0 Å². The smallest absolute Gasteiger partial charge is 0.248 e. The Kier molecular flexibility index (Phi) is 6.16. The normalized spacial score (nSPS) is 11.7. The molecule has 0 radical (unpaired) electrons. The second-order valence-corrected chi connectivity index (χ2v) is 5.88. The van der Waals surface area contributed by atoms with Crippen LogP contribution in [0.25, 0.3) is 0 Å². The molecule has 0 aliphatic rings. The number of anilines is 2. The van der Waals surface area contributed by atoms with Gasteiger partial charge in [0.05, 0.1) is 19.0 Å². The third-order valence-electron chi connectivity index (χ3n) is 3.73. The number of aryl methyl sites for hydroxylation is 1. The van der Waals surface area contributed by atoms with E-state index in [-0.39, 0.29) is 11.8 Å². The maximum absolute atomic E-state index is 12.4. The summed E-state index contributed by atoms with van der Waals surface area (Å²) in [6, 6.07) is 4.68. The number of rotatable bonds is 7. The lowest BCUT2D eigenvalue weighted by Crippen LogP contribution is -2.24. The fourth-order valence-electron chi connectivity index (χ4n) is 2.32.